The van der Waals surface area contributed by atoms with E-state index in [1.165, 1.54) is 0 Å². The molecule has 4 rings (SSSR count). The Balaban J connectivity index is 1.58. The largest absolute Gasteiger partial charge is 0.365 e. The molecule has 0 radical (unpaired) electrons. The Morgan fingerprint density at radius 3 is 2.46 bits per heavy atom. The lowest BCUT2D eigenvalue weighted by Crippen LogP contribution is -2.47. The summed E-state index contributed by atoms with van der Waals surface area (Å²) in [5.41, 5.74) is 8.51. The van der Waals surface area contributed by atoms with Crippen LogP contribution in [0.1, 0.15) is 16.1 Å². The van der Waals surface area contributed by atoms with E-state index in [0.717, 1.165) is 35.6 Å². The molecule has 0 aliphatic carbocycles. The van der Waals surface area contributed by atoms with Gasteiger partial charge in [0.25, 0.3) is 5.91 Å². The van der Waals surface area contributed by atoms with Crippen LogP contribution < -0.4 is 15.5 Å². The van der Waals surface area contributed by atoms with E-state index >= 15 is 0 Å². The summed E-state index contributed by atoms with van der Waals surface area (Å²) in [6.45, 7) is 4.89. The maximum Gasteiger partial charge on any atom is 0.252 e. The van der Waals surface area contributed by atoms with Crippen molar-refractivity contribution in [3.05, 3.63) is 48.0 Å². The van der Waals surface area contributed by atoms with Gasteiger partial charge in [0.05, 0.1) is 11.1 Å². The fourth-order valence-corrected chi connectivity index (χ4v) is 3.23. The van der Waals surface area contributed by atoms with E-state index in [-0.39, 0.29) is 0 Å². The van der Waals surface area contributed by atoms with Crippen LogP contribution >= 0.6 is 0 Å². The average molecular weight is 349 g/mol. The minimum Gasteiger partial charge on any atom is -0.365 e. The summed E-state index contributed by atoms with van der Waals surface area (Å²) in [7, 11) is 0. The fraction of sp³-hybridized carbons (Fsp3) is 0.278. The first kappa shape index (κ1) is 16.2. The molecule has 4 heterocycles. The summed E-state index contributed by atoms with van der Waals surface area (Å²) in [5.74, 6) is 1.02. The predicted molar refractivity (Wildman–Crippen MR) is 99.3 cm³/mol. The second-order valence-electron chi connectivity index (χ2n) is 6.23. The molecule has 0 saturated carbocycles. The number of aromatic nitrogens is 4. The molecule has 1 aliphatic heterocycles. The minimum absolute atomic E-state index is 0.450. The normalized spacial score (nSPS) is 14.7. The molecule has 26 heavy (non-hydrogen) atoms. The molecule has 0 unspecified atom stereocenters. The molecule has 0 bridgehead atoms. The molecule has 1 amide bonds. The first-order valence-corrected chi connectivity index (χ1v) is 8.46. The molecule has 1 fully saturated rings. The number of pyridine rings is 2. The van der Waals surface area contributed by atoms with Crippen molar-refractivity contribution in [1.82, 2.24) is 19.9 Å². The van der Waals surface area contributed by atoms with Crippen LogP contribution in [0.2, 0.25) is 0 Å². The number of primary amides is 1. The highest BCUT2D eigenvalue weighted by Crippen LogP contribution is 2.24. The second-order valence-corrected chi connectivity index (χ2v) is 6.23. The highest BCUT2D eigenvalue weighted by atomic mass is 16.1. The van der Waals surface area contributed by atoms with Crippen LogP contribution in [0.4, 0.5) is 11.6 Å². The number of nitrogens with zero attached hydrogens (tertiary/aromatic N) is 6. The van der Waals surface area contributed by atoms with Gasteiger partial charge in [-0.3, -0.25) is 4.79 Å². The van der Waals surface area contributed by atoms with Crippen LogP contribution in [0.3, 0.4) is 0 Å². The highest BCUT2D eigenvalue weighted by Gasteiger charge is 2.23. The Labute approximate surface area is 150 Å². The minimum atomic E-state index is -0.461. The molecule has 0 spiro atoms. The molecule has 1 saturated heterocycles. The number of rotatable bonds is 3. The molecule has 2 N–H and O–H groups in total. The van der Waals surface area contributed by atoms with E-state index in [2.05, 4.69) is 29.7 Å². The van der Waals surface area contributed by atoms with Gasteiger partial charge < -0.3 is 15.5 Å². The number of anilines is 2. The number of nitrogens with two attached hydrogens (primary N) is 1. The zero-order chi connectivity index (χ0) is 18.1. The van der Waals surface area contributed by atoms with Crippen molar-refractivity contribution in [2.24, 2.45) is 5.73 Å². The molecule has 1 aliphatic rings. The number of fused-ring (bicyclic) bond motifs is 1. The van der Waals surface area contributed by atoms with E-state index in [4.69, 9.17) is 5.73 Å². The first-order valence-electron chi connectivity index (χ1n) is 8.46. The number of amides is 1. The van der Waals surface area contributed by atoms with Crippen molar-refractivity contribution in [3.8, 4) is 0 Å². The standard InChI is InChI=1S/C18H19N7O/c1-12-4-5-14-15(23-12)18(22-11-21-14)25-9-7-24(8-10-25)17-13(16(19)26)3-2-6-20-17/h2-6,11H,7-10H2,1H3,(H2,19,26). The van der Waals surface area contributed by atoms with Crippen LogP contribution in [0.5, 0.6) is 0 Å². The Morgan fingerprint density at radius 1 is 1.00 bits per heavy atom. The molecule has 132 valence electrons. The number of piperazine rings is 1. The quantitative estimate of drug-likeness (QED) is 0.757. The maximum atomic E-state index is 11.6. The third kappa shape index (κ3) is 2.90. The topological polar surface area (TPSA) is 101 Å². The van der Waals surface area contributed by atoms with E-state index in [1.807, 2.05) is 19.1 Å². The van der Waals surface area contributed by atoms with Crippen molar-refractivity contribution in [1.29, 1.82) is 0 Å². The Bertz CT molecular complexity index is 967. The van der Waals surface area contributed by atoms with Crippen molar-refractivity contribution >= 4 is 28.6 Å². The Hall–Kier alpha value is -3.29. The lowest BCUT2D eigenvalue weighted by Gasteiger charge is -2.36. The van der Waals surface area contributed by atoms with Crippen LogP contribution in [-0.2, 0) is 0 Å². The Kier molecular flexibility index (Phi) is 4.08. The third-order valence-electron chi connectivity index (χ3n) is 4.53. The lowest BCUT2D eigenvalue weighted by molar-refractivity contribution is 0.100. The molecule has 3 aromatic rings. The molecule has 0 aromatic carbocycles. The SMILES string of the molecule is Cc1ccc2ncnc(N3CCN(c4ncccc4C(N)=O)CC3)c2n1. The summed E-state index contributed by atoms with van der Waals surface area (Å²) in [4.78, 5) is 33.6. The number of carbonyl (C=O) groups is 1. The van der Waals surface area contributed by atoms with Crippen LogP contribution in [0.15, 0.2) is 36.8 Å². The summed E-state index contributed by atoms with van der Waals surface area (Å²) < 4.78 is 0. The van der Waals surface area contributed by atoms with E-state index in [1.54, 1.807) is 24.7 Å². The predicted octanol–water partition coefficient (Wildman–Crippen LogP) is 1.15. The van der Waals surface area contributed by atoms with Gasteiger partial charge in [0.2, 0.25) is 0 Å². The van der Waals surface area contributed by atoms with E-state index in [0.29, 0.717) is 24.5 Å². The van der Waals surface area contributed by atoms with Crippen LogP contribution in [-0.4, -0.2) is 52.0 Å². The molecule has 8 heteroatoms. The number of carbonyl (C=O) groups excluding carboxylic acids is 1. The van der Waals surface area contributed by atoms with Gasteiger partial charge in [0.1, 0.15) is 17.7 Å². The third-order valence-corrected chi connectivity index (χ3v) is 4.53. The number of aryl methyl sites for hydroxylation is 1. The van der Waals surface area contributed by atoms with Crippen LogP contribution in [0, 0.1) is 6.92 Å². The zero-order valence-electron chi connectivity index (χ0n) is 14.5. The molecule has 0 atom stereocenters. The molecule has 3 aromatic heterocycles. The maximum absolute atomic E-state index is 11.6. The summed E-state index contributed by atoms with van der Waals surface area (Å²) in [6.07, 6.45) is 3.25. The second kappa shape index (κ2) is 6.55. The van der Waals surface area contributed by atoms with E-state index in [9.17, 15) is 4.79 Å². The first-order chi connectivity index (χ1) is 12.6. The molecular weight excluding hydrogens is 330 g/mol. The van der Waals surface area contributed by atoms with Gasteiger partial charge in [-0.15, -0.1) is 0 Å². The monoisotopic (exact) mass is 349 g/mol. The molecule has 8 nitrogen and oxygen atoms in total. The van der Waals surface area contributed by atoms with Gasteiger partial charge in [0.15, 0.2) is 5.82 Å². The van der Waals surface area contributed by atoms with Gasteiger partial charge in [0, 0.05) is 38.1 Å². The summed E-state index contributed by atoms with van der Waals surface area (Å²) in [6, 6.07) is 7.35. The Morgan fingerprint density at radius 2 is 1.73 bits per heavy atom. The average Bonchev–Trinajstić information content (AvgIpc) is 2.67. The summed E-state index contributed by atoms with van der Waals surface area (Å²) in [5, 5.41) is 0. The number of hydrogen-bond donors (Lipinski definition) is 1. The van der Waals surface area contributed by atoms with Gasteiger partial charge in [-0.25, -0.2) is 19.9 Å². The van der Waals surface area contributed by atoms with Gasteiger partial charge in [-0.2, -0.15) is 0 Å². The fourth-order valence-electron chi connectivity index (χ4n) is 3.23. The van der Waals surface area contributed by atoms with Crippen molar-refractivity contribution in [2.75, 3.05) is 36.0 Å². The van der Waals surface area contributed by atoms with Gasteiger partial charge in [-0.05, 0) is 31.2 Å². The lowest BCUT2D eigenvalue weighted by atomic mass is 10.2. The van der Waals surface area contributed by atoms with Crippen molar-refractivity contribution in [2.45, 2.75) is 6.92 Å². The summed E-state index contributed by atoms with van der Waals surface area (Å²) >= 11 is 0. The highest BCUT2D eigenvalue weighted by molar-refractivity contribution is 5.97. The van der Waals surface area contributed by atoms with Crippen molar-refractivity contribution in [3.63, 3.8) is 0 Å². The number of hydrogen-bond acceptors (Lipinski definition) is 7. The van der Waals surface area contributed by atoms with E-state index < -0.39 is 5.91 Å². The molecular formula is C18H19N7O. The van der Waals surface area contributed by atoms with Gasteiger partial charge >= 0.3 is 0 Å². The van der Waals surface area contributed by atoms with Gasteiger partial charge in [-0.1, -0.05) is 0 Å². The van der Waals surface area contributed by atoms with Crippen molar-refractivity contribution < 1.29 is 4.79 Å². The van der Waals surface area contributed by atoms with Crippen LogP contribution in [0.25, 0.3) is 11.0 Å². The zero-order valence-corrected chi connectivity index (χ0v) is 14.5. The smallest absolute Gasteiger partial charge is 0.252 e.